The first kappa shape index (κ1) is 8.21. The molecule has 0 unspecified atom stereocenters. The number of hydrogen-bond acceptors (Lipinski definition) is 2. The van der Waals surface area contributed by atoms with E-state index in [1.165, 1.54) is 0 Å². The number of alkyl halides is 1. The van der Waals surface area contributed by atoms with Crippen molar-refractivity contribution in [2.75, 3.05) is 12.8 Å². The molecule has 0 saturated carbocycles. The molecule has 0 aliphatic rings. The average Bonchev–Trinajstić information content (AvgIpc) is 2.05. The first-order chi connectivity index (χ1) is 5.27. The van der Waals surface area contributed by atoms with Gasteiger partial charge >= 0.3 is 0 Å². The lowest BCUT2D eigenvalue weighted by Gasteiger charge is -2.04. The summed E-state index contributed by atoms with van der Waals surface area (Å²) >= 11 is 5.61. The lowest BCUT2D eigenvalue weighted by molar-refractivity contribution is 0.416. The summed E-state index contributed by atoms with van der Waals surface area (Å²) in [6.07, 6.45) is 0. The highest BCUT2D eigenvalue weighted by Crippen LogP contribution is 2.22. The van der Waals surface area contributed by atoms with Gasteiger partial charge in [-0.05, 0) is 17.7 Å². The molecule has 2 N–H and O–H groups in total. The quantitative estimate of drug-likeness (QED) is 0.546. The molecule has 0 amide bonds. The number of benzene rings is 1. The van der Waals surface area contributed by atoms with Crippen molar-refractivity contribution in [2.45, 2.75) is 5.88 Å². The van der Waals surface area contributed by atoms with Crippen molar-refractivity contribution in [1.29, 1.82) is 0 Å². The van der Waals surface area contributed by atoms with Crippen LogP contribution in [0.15, 0.2) is 18.2 Å². The SMILES string of the molecule is COc1cc(CCl)ccc1N. The van der Waals surface area contributed by atoms with Crippen LogP contribution >= 0.6 is 11.6 Å². The molecule has 0 saturated heterocycles. The average molecular weight is 172 g/mol. The van der Waals surface area contributed by atoms with Gasteiger partial charge in [-0.25, -0.2) is 0 Å². The molecule has 0 spiro atoms. The monoisotopic (exact) mass is 171 g/mol. The van der Waals surface area contributed by atoms with Crippen molar-refractivity contribution in [2.24, 2.45) is 0 Å². The van der Waals surface area contributed by atoms with Crippen LogP contribution in [0.2, 0.25) is 0 Å². The Balaban J connectivity index is 3.02. The molecule has 0 bridgehead atoms. The van der Waals surface area contributed by atoms with Gasteiger partial charge in [0.1, 0.15) is 5.75 Å². The van der Waals surface area contributed by atoms with Crippen LogP contribution in [-0.4, -0.2) is 7.11 Å². The molecular formula is C8H10ClNO. The molecule has 0 fully saturated rings. The van der Waals surface area contributed by atoms with Crippen molar-refractivity contribution in [1.82, 2.24) is 0 Å². The molecular weight excluding hydrogens is 162 g/mol. The summed E-state index contributed by atoms with van der Waals surface area (Å²) in [7, 11) is 1.59. The van der Waals surface area contributed by atoms with Gasteiger partial charge in [0, 0.05) is 5.88 Å². The zero-order valence-electron chi connectivity index (χ0n) is 6.30. The number of methoxy groups -OCH3 is 1. The van der Waals surface area contributed by atoms with E-state index in [0.29, 0.717) is 17.3 Å². The normalized spacial score (nSPS) is 9.64. The van der Waals surface area contributed by atoms with Crippen LogP contribution in [0.1, 0.15) is 5.56 Å². The van der Waals surface area contributed by atoms with Crippen LogP contribution in [0.4, 0.5) is 5.69 Å². The Bertz CT molecular complexity index is 250. The van der Waals surface area contributed by atoms with E-state index in [0.717, 1.165) is 5.56 Å². The van der Waals surface area contributed by atoms with E-state index >= 15 is 0 Å². The van der Waals surface area contributed by atoms with E-state index in [-0.39, 0.29) is 0 Å². The van der Waals surface area contributed by atoms with Gasteiger partial charge in [-0.15, -0.1) is 11.6 Å². The summed E-state index contributed by atoms with van der Waals surface area (Å²) < 4.78 is 5.00. The second kappa shape index (κ2) is 3.49. The Morgan fingerprint density at radius 1 is 1.55 bits per heavy atom. The molecule has 3 heteroatoms. The Labute approximate surface area is 70.9 Å². The zero-order chi connectivity index (χ0) is 8.27. The first-order valence-corrected chi connectivity index (χ1v) is 3.79. The minimum absolute atomic E-state index is 0.483. The fourth-order valence-corrected chi connectivity index (χ4v) is 1.00. The summed E-state index contributed by atoms with van der Waals surface area (Å²) in [6.45, 7) is 0. The maximum atomic E-state index is 5.61. The molecule has 0 heterocycles. The van der Waals surface area contributed by atoms with Crippen LogP contribution in [0.3, 0.4) is 0 Å². The van der Waals surface area contributed by atoms with Crippen LogP contribution in [0, 0.1) is 0 Å². The molecule has 11 heavy (non-hydrogen) atoms. The van der Waals surface area contributed by atoms with Crippen molar-refractivity contribution in [3.05, 3.63) is 23.8 Å². The highest BCUT2D eigenvalue weighted by Gasteiger charge is 1.98. The Kier molecular flexibility index (Phi) is 2.60. The Hall–Kier alpha value is -0.890. The maximum Gasteiger partial charge on any atom is 0.142 e. The molecule has 0 aliphatic heterocycles. The van der Waals surface area contributed by atoms with Crippen LogP contribution in [0.25, 0.3) is 0 Å². The third-order valence-electron chi connectivity index (χ3n) is 1.45. The highest BCUT2D eigenvalue weighted by molar-refractivity contribution is 6.17. The lowest BCUT2D eigenvalue weighted by Crippen LogP contribution is -1.92. The van der Waals surface area contributed by atoms with Crippen molar-refractivity contribution >= 4 is 17.3 Å². The van der Waals surface area contributed by atoms with E-state index in [1.54, 1.807) is 13.2 Å². The van der Waals surface area contributed by atoms with Crippen LogP contribution in [-0.2, 0) is 5.88 Å². The predicted octanol–water partition coefficient (Wildman–Crippen LogP) is 2.02. The van der Waals surface area contributed by atoms with E-state index in [2.05, 4.69) is 0 Å². The van der Waals surface area contributed by atoms with Crippen LogP contribution in [0.5, 0.6) is 5.75 Å². The molecule has 0 atom stereocenters. The summed E-state index contributed by atoms with van der Waals surface area (Å²) in [4.78, 5) is 0. The number of nitrogens with two attached hydrogens (primary N) is 1. The maximum absolute atomic E-state index is 5.61. The van der Waals surface area contributed by atoms with Gasteiger partial charge in [0.2, 0.25) is 0 Å². The number of halogens is 1. The second-order valence-electron chi connectivity index (χ2n) is 2.21. The number of hydrogen-bond donors (Lipinski definition) is 1. The van der Waals surface area contributed by atoms with E-state index in [4.69, 9.17) is 22.1 Å². The number of ether oxygens (including phenoxy) is 1. The molecule has 2 nitrogen and oxygen atoms in total. The zero-order valence-corrected chi connectivity index (χ0v) is 7.06. The lowest BCUT2D eigenvalue weighted by atomic mass is 10.2. The largest absolute Gasteiger partial charge is 0.495 e. The van der Waals surface area contributed by atoms with Gasteiger partial charge < -0.3 is 10.5 Å². The van der Waals surface area contributed by atoms with Crippen molar-refractivity contribution < 1.29 is 4.74 Å². The minimum atomic E-state index is 0.483. The molecule has 1 aromatic carbocycles. The molecule has 60 valence electrons. The topological polar surface area (TPSA) is 35.2 Å². The summed E-state index contributed by atoms with van der Waals surface area (Å²) in [5.74, 6) is 1.17. The van der Waals surface area contributed by atoms with Gasteiger partial charge in [-0.3, -0.25) is 0 Å². The van der Waals surface area contributed by atoms with Crippen LogP contribution < -0.4 is 10.5 Å². The second-order valence-corrected chi connectivity index (χ2v) is 2.48. The van der Waals surface area contributed by atoms with Gasteiger partial charge in [0.05, 0.1) is 12.8 Å². The molecule has 1 aromatic rings. The van der Waals surface area contributed by atoms with Gasteiger partial charge in [-0.1, -0.05) is 6.07 Å². The summed E-state index contributed by atoms with van der Waals surface area (Å²) in [5.41, 5.74) is 7.24. The number of anilines is 1. The molecule has 1 rings (SSSR count). The van der Waals surface area contributed by atoms with Gasteiger partial charge in [0.25, 0.3) is 0 Å². The standard InChI is InChI=1S/C8H10ClNO/c1-11-8-4-6(5-9)2-3-7(8)10/h2-4H,5,10H2,1H3. The van der Waals surface area contributed by atoms with Crippen molar-refractivity contribution in [3.8, 4) is 5.75 Å². The fraction of sp³-hybridized carbons (Fsp3) is 0.250. The van der Waals surface area contributed by atoms with E-state index in [1.807, 2.05) is 12.1 Å². The predicted molar refractivity (Wildman–Crippen MR) is 47.0 cm³/mol. The number of rotatable bonds is 2. The van der Waals surface area contributed by atoms with Gasteiger partial charge in [-0.2, -0.15) is 0 Å². The third-order valence-corrected chi connectivity index (χ3v) is 1.76. The van der Waals surface area contributed by atoms with Gasteiger partial charge in [0.15, 0.2) is 0 Å². The first-order valence-electron chi connectivity index (χ1n) is 3.26. The minimum Gasteiger partial charge on any atom is -0.495 e. The fourth-order valence-electron chi connectivity index (χ4n) is 0.839. The highest BCUT2D eigenvalue weighted by atomic mass is 35.5. The summed E-state index contributed by atoms with van der Waals surface area (Å²) in [6, 6.07) is 5.50. The van der Waals surface area contributed by atoms with Crippen molar-refractivity contribution in [3.63, 3.8) is 0 Å². The molecule has 0 aromatic heterocycles. The van der Waals surface area contributed by atoms with E-state index < -0.39 is 0 Å². The molecule has 0 radical (unpaired) electrons. The third kappa shape index (κ3) is 1.77. The molecule has 0 aliphatic carbocycles. The smallest absolute Gasteiger partial charge is 0.142 e. The Morgan fingerprint density at radius 2 is 2.27 bits per heavy atom. The Morgan fingerprint density at radius 3 is 2.82 bits per heavy atom. The summed E-state index contributed by atoms with van der Waals surface area (Å²) in [5, 5.41) is 0. The number of nitrogen functional groups attached to an aromatic ring is 1. The van der Waals surface area contributed by atoms with E-state index in [9.17, 15) is 0 Å².